The molecular weight excluding hydrogens is 344 g/mol. The number of aryl methyl sites for hydroxylation is 1. The number of H-pyrrole nitrogens is 1. The van der Waals surface area contributed by atoms with Crippen LogP contribution in [0.5, 0.6) is 0 Å². The number of hydrogen-bond donors (Lipinski definition) is 2. The van der Waals surface area contributed by atoms with Crippen molar-refractivity contribution in [2.45, 2.75) is 26.3 Å². The number of rotatable bonds is 5. The van der Waals surface area contributed by atoms with Crippen LogP contribution in [0.4, 0.5) is 5.82 Å². The summed E-state index contributed by atoms with van der Waals surface area (Å²) in [6.45, 7) is 2.75. The number of nitrogens with one attached hydrogen (secondary N) is 2. The fourth-order valence-corrected chi connectivity index (χ4v) is 2.58. The summed E-state index contributed by atoms with van der Waals surface area (Å²) in [4.78, 5) is 16.6. The van der Waals surface area contributed by atoms with Crippen molar-refractivity contribution in [2.24, 2.45) is 0 Å². The topological polar surface area (TPSA) is 62.2 Å². The first-order valence-electron chi connectivity index (χ1n) is 7.25. The maximum atomic E-state index is 12.1. The van der Waals surface area contributed by atoms with Crippen LogP contribution in [-0.4, -0.2) is 14.6 Å². The van der Waals surface area contributed by atoms with Crippen LogP contribution >= 0.6 is 15.9 Å². The molecular formula is C16H17BrN4O. The number of hydrogen-bond acceptors (Lipinski definition) is 3. The van der Waals surface area contributed by atoms with Crippen LogP contribution in [0.25, 0.3) is 5.65 Å². The fourth-order valence-electron chi connectivity index (χ4n) is 2.31. The van der Waals surface area contributed by atoms with Crippen LogP contribution < -0.4 is 10.9 Å². The molecule has 2 N–H and O–H groups in total. The summed E-state index contributed by atoms with van der Waals surface area (Å²) in [6.07, 6.45) is 1.79. The number of fused-ring (bicyclic) bond motifs is 1. The minimum atomic E-state index is -0.0786. The van der Waals surface area contributed by atoms with Crippen molar-refractivity contribution in [3.8, 4) is 0 Å². The molecule has 0 spiro atoms. The zero-order chi connectivity index (χ0) is 15.5. The Bertz CT molecular complexity index is 835. The number of anilines is 1. The van der Waals surface area contributed by atoms with Crippen LogP contribution in [0.1, 0.15) is 24.6 Å². The molecule has 0 amide bonds. The standard InChI is InChI=1S/C16H17BrN4O/c1-2-3-13-8-16(22)21-15(19-13)9-14(20-21)18-10-11-4-6-12(17)7-5-11/h4-9,18,20H,2-3,10H2,1H3. The third-order valence-corrected chi connectivity index (χ3v) is 3.93. The van der Waals surface area contributed by atoms with Crippen LogP contribution in [0.2, 0.25) is 0 Å². The normalized spacial score (nSPS) is 11.0. The van der Waals surface area contributed by atoms with Gasteiger partial charge >= 0.3 is 0 Å². The highest BCUT2D eigenvalue weighted by Crippen LogP contribution is 2.13. The van der Waals surface area contributed by atoms with Gasteiger partial charge in [-0.1, -0.05) is 41.4 Å². The first-order chi connectivity index (χ1) is 10.7. The van der Waals surface area contributed by atoms with Gasteiger partial charge in [-0.25, -0.2) is 4.98 Å². The Labute approximate surface area is 136 Å². The van der Waals surface area contributed by atoms with Crippen LogP contribution in [0.15, 0.2) is 45.7 Å². The van der Waals surface area contributed by atoms with Gasteiger partial charge in [-0.3, -0.25) is 9.89 Å². The van der Waals surface area contributed by atoms with Gasteiger partial charge in [0.05, 0.1) is 0 Å². The Kier molecular flexibility index (Phi) is 4.29. The number of halogens is 1. The first-order valence-corrected chi connectivity index (χ1v) is 8.05. The van der Waals surface area contributed by atoms with Crippen LogP contribution in [0.3, 0.4) is 0 Å². The molecule has 0 atom stereocenters. The van der Waals surface area contributed by atoms with Crippen molar-refractivity contribution in [1.29, 1.82) is 0 Å². The zero-order valence-corrected chi connectivity index (χ0v) is 13.9. The van der Waals surface area contributed by atoms with Gasteiger partial charge < -0.3 is 5.32 Å². The molecule has 5 nitrogen and oxygen atoms in total. The lowest BCUT2D eigenvalue weighted by atomic mass is 10.2. The number of nitrogens with zero attached hydrogens (tertiary/aromatic N) is 2. The molecule has 2 heterocycles. The predicted octanol–water partition coefficient (Wildman–Crippen LogP) is 3.35. The Morgan fingerprint density at radius 3 is 2.77 bits per heavy atom. The molecule has 22 heavy (non-hydrogen) atoms. The Morgan fingerprint density at radius 1 is 1.27 bits per heavy atom. The third kappa shape index (κ3) is 3.22. The lowest BCUT2D eigenvalue weighted by molar-refractivity contribution is 0.839. The van der Waals surface area contributed by atoms with E-state index in [1.807, 2.05) is 30.3 Å². The van der Waals surface area contributed by atoms with Crippen LogP contribution in [0, 0.1) is 0 Å². The zero-order valence-electron chi connectivity index (χ0n) is 12.3. The third-order valence-electron chi connectivity index (χ3n) is 3.41. The van der Waals surface area contributed by atoms with E-state index in [9.17, 15) is 4.79 Å². The van der Waals surface area contributed by atoms with Gasteiger partial charge in [0.15, 0.2) is 5.65 Å². The first kappa shape index (κ1) is 14.8. The van der Waals surface area contributed by atoms with Crippen molar-refractivity contribution in [2.75, 3.05) is 5.32 Å². The molecule has 0 aliphatic carbocycles. The highest BCUT2D eigenvalue weighted by molar-refractivity contribution is 9.10. The lowest BCUT2D eigenvalue weighted by Crippen LogP contribution is -2.15. The van der Waals surface area contributed by atoms with E-state index in [4.69, 9.17) is 0 Å². The molecule has 0 saturated heterocycles. The van der Waals surface area contributed by atoms with Crippen molar-refractivity contribution in [1.82, 2.24) is 14.6 Å². The minimum Gasteiger partial charge on any atom is -0.366 e. The molecule has 1 aromatic carbocycles. The Morgan fingerprint density at radius 2 is 2.05 bits per heavy atom. The summed E-state index contributed by atoms with van der Waals surface area (Å²) in [5.41, 5.74) is 2.57. The van der Waals surface area contributed by atoms with E-state index >= 15 is 0 Å². The molecule has 0 unspecified atom stereocenters. The molecule has 3 rings (SSSR count). The Hall–Kier alpha value is -2.08. The summed E-state index contributed by atoms with van der Waals surface area (Å²) in [5.74, 6) is 0.779. The van der Waals surface area contributed by atoms with E-state index in [0.717, 1.165) is 34.4 Å². The van der Waals surface area contributed by atoms with Crippen molar-refractivity contribution < 1.29 is 0 Å². The van der Waals surface area contributed by atoms with E-state index in [-0.39, 0.29) is 5.56 Å². The molecule has 0 bridgehead atoms. The highest BCUT2D eigenvalue weighted by Gasteiger charge is 2.06. The minimum absolute atomic E-state index is 0.0786. The second-order valence-electron chi connectivity index (χ2n) is 5.18. The van der Waals surface area contributed by atoms with Crippen molar-refractivity contribution in [3.63, 3.8) is 0 Å². The molecule has 0 saturated carbocycles. The average Bonchev–Trinajstić information content (AvgIpc) is 2.91. The summed E-state index contributed by atoms with van der Waals surface area (Å²) < 4.78 is 2.52. The van der Waals surface area contributed by atoms with Crippen molar-refractivity contribution >= 4 is 27.4 Å². The van der Waals surface area contributed by atoms with Gasteiger partial charge in [-0.2, -0.15) is 4.52 Å². The van der Waals surface area contributed by atoms with E-state index in [0.29, 0.717) is 12.2 Å². The Balaban J connectivity index is 1.81. The second-order valence-corrected chi connectivity index (χ2v) is 6.09. The summed E-state index contributed by atoms with van der Waals surface area (Å²) in [6, 6.07) is 11.6. The summed E-state index contributed by atoms with van der Waals surface area (Å²) in [5, 5.41) is 6.31. The predicted molar refractivity (Wildman–Crippen MR) is 91.3 cm³/mol. The molecule has 0 fully saturated rings. The second kappa shape index (κ2) is 6.36. The number of aromatic amines is 1. The van der Waals surface area contributed by atoms with Gasteiger partial charge in [0.2, 0.25) is 0 Å². The van der Waals surface area contributed by atoms with E-state index in [2.05, 4.69) is 38.3 Å². The fraction of sp³-hybridized carbons (Fsp3) is 0.250. The van der Waals surface area contributed by atoms with Crippen LogP contribution in [-0.2, 0) is 13.0 Å². The maximum absolute atomic E-state index is 12.1. The lowest BCUT2D eigenvalue weighted by Gasteiger charge is -2.03. The molecule has 2 aromatic heterocycles. The van der Waals surface area contributed by atoms with Gasteiger partial charge in [-0.15, -0.1) is 0 Å². The molecule has 0 radical (unpaired) electrons. The summed E-state index contributed by atoms with van der Waals surface area (Å²) in [7, 11) is 0. The van der Waals surface area contributed by atoms with Gasteiger partial charge in [0.25, 0.3) is 5.56 Å². The van der Waals surface area contributed by atoms with Crippen molar-refractivity contribution in [3.05, 3.63) is 62.5 Å². The van der Waals surface area contributed by atoms with Gasteiger partial charge in [0, 0.05) is 28.8 Å². The van der Waals surface area contributed by atoms with E-state index in [1.165, 1.54) is 4.52 Å². The monoisotopic (exact) mass is 360 g/mol. The largest absolute Gasteiger partial charge is 0.366 e. The molecule has 114 valence electrons. The smallest absolute Gasteiger partial charge is 0.272 e. The maximum Gasteiger partial charge on any atom is 0.272 e. The highest BCUT2D eigenvalue weighted by atomic mass is 79.9. The number of aromatic nitrogens is 3. The molecule has 0 aliphatic rings. The van der Waals surface area contributed by atoms with Gasteiger partial charge in [0.1, 0.15) is 5.82 Å². The molecule has 0 aliphatic heterocycles. The summed E-state index contributed by atoms with van der Waals surface area (Å²) >= 11 is 3.42. The molecule has 6 heteroatoms. The van der Waals surface area contributed by atoms with Gasteiger partial charge in [-0.05, 0) is 24.1 Å². The quantitative estimate of drug-likeness (QED) is 0.733. The number of benzene rings is 1. The average molecular weight is 361 g/mol. The van der Waals surface area contributed by atoms with E-state index in [1.54, 1.807) is 6.07 Å². The van der Waals surface area contributed by atoms with E-state index < -0.39 is 0 Å². The molecule has 3 aromatic rings. The SMILES string of the molecule is CCCc1cc(=O)n2[nH]c(NCc3ccc(Br)cc3)cc2n1.